The molecule has 0 aromatic heterocycles. The number of hydrogen-bond acceptors (Lipinski definition) is 4. The van der Waals surface area contributed by atoms with Crippen LogP contribution in [-0.4, -0.2) is 47.7 Å². The topological polar surface area (TPSA) is 76.1 Å². The van der Waals surface area contributed by atoms with Crippen LogP contribution in [0.1, 0.15) is 35.7 Å². The van der Waals surface area contributed by atoms with E-state index >= 15 is 0 Å². The molecule has 2 aromatic rings. The Hall–Kier alpha value is -3.02. The molecule has 6 heteroatoms. The van der Waals surface area contributed by atoms with E-state index in [1.54, 1.807) is 18.2 Å². The Morgan fingerprint density at radius 1 is 1.11 bits per heavy atom. The predicted octanol–water partition coefficient (Wildman–Crippen LogP) is 3.40. The van der Waals surface area contributed by atoms with Crippen molar-refractivity contribution in [1.29, 1.82) is 0 Å². The molecule has 6 nitrogen and oxygen atoms in total. The summed E-state index contributed by atoms with van der Waals surface area (Å²) in [5.74, 6) is -0.399. The summed E-state index contributed by atoms with van der Waals surface area (Å²) in [5.41, 5.74) is 1.74. The Bertz CT molecular complexity index is 821. The fourth-order valence-electron chi connectivity index (χ4n) is 3.54. The minimum Gasteiger partial charge on any atom is -0.490 e. The molecule has 1 fully saturated rings. The third-order valence-electron chi connectivity index (χ3n) is 4.79. The minimum atomic E-state index is -1.07. The summed E-state index contributed by atoms with van der Waals surface area (Å²) >= 11 is 0. The van der Waals surface area contributed by atoms with Crippen LogP contribution in [0.2, 0.25) is 0 Å². The fraction of sp³-hybridized carbons (Fsp3) is 0.364. The summed E-state index contributed by atoms with van der Waals surface area (Å²) in [4.78, 5) is 25.8. The van der Waals surface area contributed by atoms with Crippen LogP contribution in [0.15, 0.2) is 48.5 Å². The van der Waals surface area contributed by atoms with Crippen LogP contribution in [0.3, 0.4) is 0 Å². The highest BCUT2D eigenvalue weighted by atomic mass is 16.5. The molecule has 148 valence electrons. The molecule has 1 heterocycles. The lowest BCUT2D eigenvalue weighted by Crippen LogP contribution is -2.36. The molecule has 1 amide bonds. The Kier molecular flexibility index (Phi) is 6.53. The summed E-state index contributed by atoms with van der Waals surface area (Å²) < 4.78 is 10.8. The van der Waals surface area contributed by atoms with E-state index in [2.05, 4.69) is 12.1 Å². The molecule has 0 saturated carbocycles. The minimum absolute atomic E-state index is 0.0378. The molecule has 1 unspecified atom stereocenters. The average molecular weight is 383 g/mol. The first-order valence-electron chi connectivity index (χ1n) is 9.54. The van der Waals surface area contributed by atoms with Crippen LogP contribution in [0.4, 0.5) is 0 Å². The van der Waals surface area contributed by atoms with Gasteiger partial charge in [0.1, 0.15) is 0 Å². The van der Waals surface area contributed by atoms with Gasteiger partial charge in [-0.1, -0.05) is 30.3 Å². The zero-order chi connectivity index (χ0) is 19.9. The number of ether oxygens (including phenoxy) is 2. The van der Waals surface area contributed by atoms with Gasteiger partial charge in [-0.3, -0.25) is 4.79 Å². The lowest BCUT2D eigenvalue weighted by Gasteiger charge is -2.25. The first-order valence-corrected chi connectivity index (χ1v) is 9.54. The highest BCUT2D eigenvalue weighted by molar-refractivity contribution is 5.95. The number of nitrogens with zero attached hydrogens (tertiary/aromatic N) is 1. The van der Waals surface area contributed by atoms with E-state index in [-0.39, 0.29) is 11.9 Å². The lowest BCUT2D eigenvalue weighted by molar-refractivity contribution is -0.139. The third kappa shape index (κ3) is 4.82. The van der Waals surface area contributed by atoms with Crippen molar-refractivity contribution < 1.29 is 24.2 Å². The number of aliphatic carboxylic acids is 1. The maximum Gasteiger partial charge on any atom is 0.341 e. The second-order valence-electron chi connectivity index (χ2n) is 6.76. The van der Waals surface area contributed by atoms with E-state index in [4.69, 9.17) is 14.6 Å². The van der Waals surface area contributed by atoms with Gasteiger partial charge in [0.2, 0.25) is 0 Å². The third-order valence-corrected chi connectivity index (χ3v) is 4.79. The fourth-order valence-corrected chi connectivity index (χ4v) is 3.54. The van der Waals surface area contributed by atoms with Gasteiger partial charge in [0, 0.05) is 18.2 Å². The molecular weight excluding hydrogens is 358 g/mol. The van der Waals surface area contributed by atoms with Crippen molar-refractivity contribution in [2.24, 2.45) is 0 Å². The average Bonchev–Trinajstić information content (AvgIpc) is 3.15. The molecule has 1 aliphatic rings. The standard InChI is InChI=1S/C22H25NO5/c1-2-27-20-14-17(10-11-19(20)28-15-21(24)25)22(26)23-12-6-9-18(23)13-16-7-4-3-5-8-16/h3-5,7-8,10-11,14,18H,2,6,9,12-13,15H2,1H3,(H,24,25). The number of benzene rings is 2. The normalized spacial score (nSPS) is 16.0. The van der Waals surface area contributed by atoms with E-state index in [0.29, 0.717) is 23.7 Å². The Morgan fingerprint density at radius 3 is 2.61 bits per heavy atom. The largest absolute Gasteiger partial charge is 0.490 e. The maximum atomic E-state index is 13.1. The van der Waals surface area contributed by atoms with Crippen molar-refractivity contribution in [1.82, 2.24) is 4.90 Å². The van der Waals surface area contributed by atoms with Gasteiger partial charge >= 0.3 is 5.97 Å². The molecule has 28 heavy (non-hydrogen) atoms. The maximum absolute atomic E-state index is 13.1. The van der Waals surface area contributed by atoms with Crippen LogP contribution < -0.4 is 9.47 Å². The van der Waals surface area contributed by atoms with Gasteiger partial charge in [0.25, 0.3) is 5.91 Å². The second-order valence-corrected chi connectivity index (χ2v) is 6.76. The van der Waals surface area contributed by atoms with Crippen LogP contribution in [-0.2, 0) is 11.2 Å². The van der Waals surface area contributed by atoms with Crippen molar-refractivity contribution in [2.75, 3.05) is 19.8 Å². The quantitative estimate of drug-likeness (QED) is 0.756. The highest BCUT2D eigenvalue weighted by Crippen LogP contribution is 2.30. The molecule has 0 bridgehead atoms. The molecule has 0 radical (unpaired) electrons. The molecule has 1 atom stereocenters. The molecular formula is C22H25NO5. The molecule has 3 rings (SSSR count). The van der Waals surface area contributed by atoms with Crippen molar-refractivity contribution in [2.45, 2.75) is 32.2 Å². The number of carboxylic acids is 1. The smallest absolute Gasteiger partial charge is 0.341 e. The predicted molar refractivity (Wildman–Crippen MR) is 105 cm³/mol. The molecule has 0 aliphatic carbocycles. The molecule has 1 N–H and O–H groups in total. The SMILES string of the molecule is CCOc1cc(C(=O)N2CCCC2Cc2ccccc2)ccc1OCC(=O)O. The molecule has 0 spiro atoms. The van der Waals surface area contributed by atoms with E-state index in [1.807, 2.05) is 30.0 Å². The Balaban J connectivity index is 1.76. The van der Waals surface area contributed by atoms with Crippen molar-refractivity contribution in [3.8, 4) is 11.5 Å². The van der Waals surface area contributed by atoms with Gasteiger partial charge in [0.15, 0.2) is 18.1 Å². The lowest BCUT2D eigenvalue weighted by atomic mass is 10.0. The van der Waals surface area contributed by atoms with Crippen LogP contribution in [0.25, 0.3) is 0 Å². The summed E-state index contributed by atoms with van der Waals surface area (Å²) in [6.07, 6.45) is 2.81. The summed E-state index contributed by atoms with van der Waals surface area (Å²) in [5, 5.41) is 8.81. The number of carbonyl (C=O) groups excluding carboxylic acids is 1. The molecule has 2 aromatic carbocycles. The van der Waals surface area contributed by atoms with Gasteiger partial charge in [-0.05, 0) is 49.9 Å². The number of likely N-dealkylation sites (tertiary alicyclic amines) is 1. The van der Waals surface area contributed by atoms with Crippen LogP contribution >= 0.6 is 0 Å². The van der Waals surface area contributed by atoms with E-state index in [9.17, 15) is 9.59 Å². The highest BCUT2D eigenvalue weighted by Gasteiger charge is 2.30. The summed E-state index contributed by atoms with van der Waals surface area (Å²) in [6, 6.07) is 15.3. The number of carbonyl (C=O) groups is 2. The number of amides is 1. The van der Waals surface area contributed by atoms with Crippen LogP contribution in [0.5, 0.6) is 11.5 Å². The molecule has 1 saturated heterocycles. The van der Waals surface area contributed by atoms with Crippen molar-refractivity contribution >= 4 is 11.9 Å². The number of hydrogen-bond donors (Lipinski definition) is 1. The Morgan fingerprint density at radius 2 is 1.89 bits per heavy atom. The van der Waals surface area contributed by atoms with E-state index in [1.165, 1.54) is 5.56 Å². The summed E-state index contributed by atoms with van der Waals surface area (Å²) in [6.45, 7) is 2.49. The van der Waals surface area contributed by atoms with Crippen molar-refractivity contribution in [3.05, 3.63) is 59.7 Å². The van der Waals surface area contributed by atoms with Gasteiger partial charge in [-0.15, -0.1) is 0 Å². The summed E-state index contributed by atoms with van der Waals surface area (Å²) in [7, 11) is 0. The monoisotopic (exact) mass is 383 g/mol. The first-order chi connectivity index (χ1) is 13.6. The van der Waals surface area contributed by atoms with Gasteiger partial charge < -0.3 is 19.5 Å². The Labute approximate surface area is 164 Å². The number of rotatable bonds is 8. The van der Waals surface area contributed by atoms with Crippen LogP contribution in [0, 0.1) is 0 Å². The van der Waals surface area contributed by atoms with Gasteiger partial charge in [-0.2, -0.15) is 0 Å². The van der Waals surface area contributed by atoms with E-state index < -0.39 is 12.6 Å². The van der Waals surface area contributed by atoms with Crippen molar-refractivity contribution in [3.63, 3.8) is 0 Å². The van der Waals surface area contributed by atoms with Gasteiger partial charge in [0.05, 0.1) is 6.61 Å². The zero-order valence-electron chi connectivity index (χ0n) is 16.0. The zero-order valence-corrected chi connectivity index (χ0v) is 16.0. The second kappa shape index (κ2) is 9.26. The van der Waals surface area contributed by atoms with E-state index in [0.717, 1.165) is 25.8 Å². The van der Waals surface area contributed by atoms with Gasteiger partial charge in [-0.25, -0.2) is 4.79 Å². The first kappa shape index (κ1) is 19.7. The number of carboxylic acid groups (broad SMARTS) is 1. The molecule has 1 aliphatic heterocycles.